The Balaban J connectivity index is 2.02. The van der Waals surface area contributed by atoms with E-state index in [1.54, 1.807) is 11.9 Å². The van der Waals surface area contributed by atoms with E-state index in [1.165, 1.54) is 6.07 Å². The molecule has 2 aromatic carbocycles. The maximum absolute atomic E-state index is 13.2. The van der Waals surface area contributed by atoms with Gasteiger partial charge in [-0.15, -0.1) is 0 Å². The summed E-state index contributed by atoms with van der Waals surface area (Å²) in [5.41, 5.74) is 1.53. The van der Waals surface area contributed by atoms with Crippen molar-refractivity contribution in [3.05, 3.63) is 71.3 Å². The highest BCUT2D eigenvalue weighted by molar-refractivity contribution is 5.76. The van der Waals surface area contributed by atoms with E-state index < -0.39 is 11.6 Å². The number of rotatable bonds is 7. The van der Waals surface area contributed by atoms with E-state index in [4.69, 9.17) is 0 Å². The molecule has 1 atom stereocenters. The molecule has 128 valence electrons. The SMILES string of the molecule is CN(C(=O)CCc1ccc(F)c(F)c1)C(CCO)c1ccccc1. The summed E-state index contributed by atoms with van der Waals surface area (Å²) in [6.45, 7) is -0.0274. The third kappa shape index (κ3) is 4.61. The molecule has 0 aromatic heterocycles. The van der Waals surface area contributed by atoms with E-state index in [0.717, 1.165) is 17.7 Å². The lowest BCUT2D eigenvalue weighted by atomic mass is 10.0. The van der Waals surface area contributed by atoms with Crippen LogP contribution in [0.15, 0.2) is 48.5 Å². The minimum atomic E-state index is -0.907. The summed E-state index contributed by atoms with van der Waals surface area (Å²) in [6, 6.07) is 13.0. The topological polar surface area (TPSA) is 40.5 Å². The van der Waals surface area contributed by atoms with Gasteiger partial charge in [0, 0.05) is 20.1 Å². The van der Waals surface area contributed by atoms with Crippen LogP contribution in [0.5, 0.6) is 0 Å². The second-order valence-corrected chi connectivity index (χ2v) is 5.69. The fourth-order valence-corrected chi connectivity index (χ4v) is 2.68. The van der Waals surface area contributed by atoms with Crippen molar-refractivity contribution >= 4 is 5.91 Å². The summed E-state index contributed by atoms with van der Waals surface area (Å²) in [5.74, 6) is -1.91. The van der Waals surface area contributed by atoms with Crippen LogP contribution in [0.2, 0.25) is 0 Å². The van der Waals surface area contributed by atoms with E-state index >= 15 is 0 Å². The van der Waals surface area contributed by atoms with E-state index in [2.05, 4.69) is 0 Å². The Bertz CT molecular complexity index is 676. The number of carbonyl (C=O) groups is 1. The lowest BCUT2D eigenvalue weighted by Gasteiger charge is -2.28. The van der Waals surface area contributed by atoms with Crippen LogP contribution in [-0.2, 0) is 11.2 Å². The minimum absolute atomic E-state index is 0.0274. The molecule has 3 nitrogen and oxygen atoms in total. The number of benzene rings is 2. The Morgan fingerprint density at radius 1 is 1.12 bits per heavy atom. The first-order valence-corrected chi connectivity index (χ1v) is 7.88. The van der Waals surface area contributed by atoms with Crippen molar-refractivity contribution in [3.8, 4) is 0 Å². The summed E-state index contributed by atoms with van der Waals surface area (Å²) < 4.78 is 26.1. The van der Waals surface area contributed by atoms with Crippen LogP contribution in [0.25, 0.3) is 0 Å². The Morgan fingerprint density at radius 2 is 1.83 bits per heavy atom. The first-order valence-electron chi connectivity index (χ1n) is 7.88. The van der Waals surface area contributed by atoms with Crippen LogP contribution in [-0.4, -0.2) is 29.6 Å². The largest absolute Gasteiger partial charge is 0.396 e. The van der Waals surface area contributed by atoms with Gasteiger partial charge < -0.3 is 10.0 Å². The second kappa shape index (κ2) is 8.55. The normalized spacial score (nSPS) is 12.0. The molecule has 0 fully saturated rings. The Hall–Kier alpha value is -2.27. The lowest BCUT2D eigenvalue weighted by molar-refractivity contribution is -0.132. The maximum atomic E-state index is 13.2. The third-order valence-electron chi connectivity index (χ3n) is 4.06. The van der Waals surface area contributed by atoms with Gasteiger partial charge in [-0.05, 0) is 36.1 Å². The predicted octanol–water partition coefficient (Wildman–Crippen LogP) is 3.48. The summed E-state index contributed by atoms with van der Waals surface area (Å²) in [7, 11) is 1.70. The van der Waals surface area contributed by atoms with Gasteiger partial charge in [0.2, 0.25) is 5.91 Å². The van der Waals surface area contributed by atoms with Crippen LogP contribution in [0.4, 0.5) is 8.78 Å². The van der Waals surface area contributed by atoms with Crippen molar-refractivity contribution in [3.63, 3.8) is 0 Å². The number of aliphatic hydroxyl groups excluding tert-OH is 1. The van der Waals surface area contributed by atoms with E-state index in [9.17, 15) is 18.7 Å². The number of hydrogen-bond donors (Lipinski definition) is 1. The van der Waals surface area contributed by atoms with Gasteiger partial charge in [-0.1, -0.05) is 36.4 Å². The molecule has 1 amide bonds. The van der Waals surface area contributed by atoms with Gasteiger partial charge in [-0.25, -0.2) is 8.78 Å². The molecule has 0 saturated heterocycles. The first-order chi connectivity index (χ1) is 11.5. The molecule has 0 aliphatic carbocycles. The van der Waals surface area contributed by atoms with Crippen molar-refractivity contribution < 1.29 is 18.7 Å². The van der Waals surface area contributed by atoms with Crippen LogP contribution in [0.1, 0.15) is 30.0 Å². The van der Waals surface area contributed by atoms with E-state index in [0.29, 0.717) is 18.4 Å². The first kappa shape index (κ1) is 18.1. The zero-order valence-electron chi connectivity index (χ0n) is 13.6. The predicted molar refractivity (Wildman–Crippen MR) is 88.3 cm³/mol. The molecule has 0 bridgehead atoms. The van der Waals surface area contributed by atoms with Crippen molar-refractivity contribution in [2.75, 3.05) is 13.7 Å². The van der Waals surface area contributed by atoms with Crippen molar-refractivity contribution in [1.29, 1.82) is 0 Å². The number of aryl methyl sites for hydroxylation is 1. The highest BCUT2D eigenvalue weighted by atomic mass is 19.2. The molecule has 0 spiro atoms. The van der Waals surface area contributed by atoms with Gasteiger partial charge in [0.1, 0.15) is 0 Å². The van der Waals surface area contributed by atoms with Gasteiger partial charge in [0.25, 0.3) is 0 Å². The molecule has 0 radical (unpaired) electrons. The number of nitrogens with zero attached hydrogens (tertiary/aromatic N) is 1. The number of amides is 1. The number of aliphatic hydroxyl groups is 1. The van der Waals surface area contributed by atoms with Crippen LogP contribution < -0.4 is 0 Å². The van der Waals surface area contributed by atoms with Crippen molar-refractivity contribution in [2.24, 2.45) is 0 Å². The van der Waals surface area contributed by atoms with Gasteiger partial charge in [0.05, 0.1) is 6.04 Å². The Labute approximate surface area is 140 Å². The van der Waals surface area contributed by atoms with E-state index in [-0.39, 0.29) is 25.0 Å². The Morgan fingerprint density at radius 3 is 2.46 bits per heavy atom. The van der Waals surface area contributed by atoms with Crippen molar-refractivity contribution in [1.82, 2.24) is 4.90 Å². The zero-order chi connectivity index (χ0) is 17.5. The molecule has 2 aromatic rings. The molecule has 24 heavy (non-hydrogen) atoms. The monoisotopic (exact) mass is 333 g/mol. The smallest absolute Gasteiger partial charge is 0.223 e. The Kier molecular flexibility index (Phi) is 6.44. The summed E-state index contributed by atoms with van der Waals surface area (Å²) in [4.78, 5) is 14.0. The summed E-state index contributed by atoms with van der Waals surface area (Å²) in [5, 5.41) is 9.28. The number of halogens is 2. The van der Waals surface area contributed by atoms with Gasteiger partial charge in [0.15, 0.2) is 11.6 Å². The molecule has 0 aliphatic rings. The van der Waals surface area contributed by atoms with Gasteiger partial charge in [-0.2, -0.15) is 0 Å². The zero-order valence-corrected chi connectivity index (χ0v) is 13.6. The van der Waals surface area contributed by atoms with Gasteiger partial charge >= 0.3 is 0 Å². The summed E-state index contributed by atoms with van der Waals surface area (Å²) >= 11 is 0. The molecule has 0 heterocycles. The molecule has 1 N–H and O–H groups in total. The van der Waals surface area contributed by atoms with Crippen LogP contribution in [0.3, 0.4) is 0 Å². The average molecular weight is 333 g/mol. The van der Waals surface area contributed by atoms with Crippen LogP contribution >= 0.6 is 0 Å². The molecule has 0 aliphatic heterocycles. The third-order valence-corrected chi connectivity index (χ3v) is 4.06. The lowest BCUT2D eigenvalue weighted by Crippen LogP contribution is -2.32. The molecule has 5 heteroatoms. The molecule has 2 rings (SSSR count). The van der Waals surface area contributed by atoms with Crippen molar-refractivity contribution in [2.45, 2.75) is 25.3 Å². The molecule has 0 saturated carbocycles. The number of carbonyl (C=O) groups excluding carboxylic acids is 1. The average Bonchev–Trinajstić information content (AvgIpc) is 2.60. The second-order valence-electron chi connectivity index (χ2n) is 5.69. The van der Waals surface area contributed by atoms with E-state index in [1.807, 2.05) is 30.3 Å². The number of hydrogen-bond acceptors (Lipinski definition) is 2. The van der Waals surface area contributed by atoms with Gasteiger partial charge in [-0.3, -0.25) is 4.79 Å². The standard InChI is InChI=1S/C19H21F2NO2/c1-22(18(11-12-23)15-5-3-2-4-6-15)19(24)10-8-14-7-9-16(20)17(21)13-14/h2-7,9,13,18,23H,8,10-12H2,1H3. The van der Waals surface area contributed by atoms with Crippen LogP contribution in [0, 0.1) is 11.6 Å². The molecule has 1 unspecified atom stereocenters. The fraction of sp³-hybridized carbons (Fsp3) is 0.316. The quantitative estimate of drug-likeness (QED) is 0.843. The summed E-state index contributed by atoms with van der Waals surface area (Å²) in [6.07, 6.45) is 0.967. The fourth-order valence-electron chi connectivity index (χ4n) is 2.68. The highest BCUT2D eigenvalue weighted by Crippen LogP contribution is 2.23. The molecular weight excluding hydrogens is 312 g/mol. The minimum Gasteiger partial charge on any atom is -0.396 e. The maximum Gasteiger partial charge on any atom is 0.223 e. The highest BCUT2D eigenvalue weighted by Gasteiger charge is 2.21. The molecular formula is C19H21F2NO2.